The second-order valence-corrected chi connectivity index (χ2v) is 8.49. The lowest BCUT2D eigenvalue weighted by Gasteiger charge is -2.24. The van der Waals surface area contributed by atoms with Crippen LogP contribution in [0.5, 0.6) is 0 Å². The molecule has 0 aromatic heterocycles. The van der Waals surface area contributed by atoms with Crippen molar-refractivity contribution < 1.29 is 9.59 Å². The molecule has 3 atom stereocenters. The molecule has 154 valence electrons. The van der Waals surface area contributed by atoms with E-state index in [0.717, 1.165) is 43.4 Å². The fraction of sp³-hybridized carbons (Fsp3) is 0.636. The number of fused-ring (bicyclic) bond motifs is 1. The third-order valence-electron chi connectivity index (χ3n) is 6.57. The Hall–Kier alpha value is -1.59. The van der Waals surface area contributed by atoms with E-state index in [9.17, 15) is 9.59 Å². The van der Waals surface area contributed by atoms with Gasteiger partial charge in [-0.25, -0.2) is 0 Å². The van der Waals surface area contributed by atoms with Crippen molar-refractivity contribution in [2.24, 2.45) is 11.8 Å². The van der Waals surface area contributed by atoms with Crippen LogP contribution in [0.25, 0.3) is 0 Å². The van der Waals surface area contributed by atoms with Crippen LogP contribution in [0, 0.1) is 11.8 Å². The maximum Gasteiger partial charge on any atom is 0.237 e. The fourth-order valence-corrected chi connectivity index (χ4v) is 5.02. The van der Waals surface area contributed by atoms with E-state index in [0.29, 0.717) is 18.5 Å². The Morgan fingerprint density at radius 3 is 2.54 bits per heavy atom. The molecule has 2 aliphatic carbocycles. The molecule has 1 aliphatic heterocycles. The molecule has 0 spiro atoms. The van der Waals surface area contributed by atoms with Gasteiger partial charge in [-0.05, 0) is 55.7 Å². The minimum Gasteiger partial charge on any atom is -0.351 e. The van der Waals surface area contributed by atoms with E-state index in [1.165, 1.54) is 25.7 Å². The van der Waals surface area contributed by atoms with Crippen LogP contribution >= 0.6 is 12.4 Å². The lowest BCUT2D eigenvalue weighted by atomic mass is 9.85. The first kappa shape index (κ1) is 21.1. The van der Waals surface area contributed by atoms with Gasteiger partial charge < -0.3 is 16.0 Å². The molecule has 3 N–H and O–H groups in total. The third-order valence-corrected chi connectivity index (χ3v) is 6.57. The van der Waals surface area contributed by atoms with Crippen molar-refractivity contribution in [3.63, 3.8) is 0 Å². The summed E-state index contributed by atoms with van der Waals surface area (Å²) < 4.78 is 0. The number of carbonyl (C=O) groups is 2. The van der Waals surface area contributed by atoms with Gasteiger partial charge >= 0.3 is 0 Å². The lowest BCUT2D eigenvalue weighted by molar-refractivity contribution is -0.123. The molecule has 1 heterocycles. The monoisotopic (exact) mass is 405 g/mol. The number of hydrogen-bond acceptors (Lipinski definition) is 3. The van der Waals surface area contributed by atoms with Crippen molar-refractivity contribution in [2.45, 2.75) is 76.4 Å². The Morgan fingerprint density at radius 1 is 1.00 bits per heavy atom. The van der Waals surface area contributed by atoms with Gasteiger partial charge in [0.05, 0.1) is 6.04 Å². The quantitative estimate of drug-likeness (QED) is 0.698. The molecule has 0 bridgehead atoms. The van der Waals surface area contributed by atoms with Crippen molar-refractivity contribution >= 4 is 29.9 Å². The van der Waals surface area contributed by atoms with Crippen LogP contribution in [0.3, 0.4) is 0 Å². The predicted molar refractivity (Wildman–Crippen MR) is 113 cm³/mol. The van der Waals surface area contributed by atoms with Crippen LogP contribution in [-0.2, 0) is 16.1 Å². The average Bonchev–Trinajstić information content (AvgIpc) is 3.36. The van der Waals surface area contributed by atoms with Gasteiger partial charge in [0.1, 0.15) is 0 Å². The van der Waals surface area contributed by atoms with Gasteiger partial charge in [0.25, 0.3) is 0 Å². The van der Waals surface area contributed by atoms with Gasteiger partial charge in [0.2, 0.25) is 11.8 Å². The summed E-state index contributed by atoms with van der Waals surface area (Å²) in [7, 11) is 0. The fourth-order valence-electron chi connectivity index (χ4n) is 5.02. The SMILES string of the molecule is Cl.O=C(Nc1cccc(CNC(=O)C2CC3CCCCC3N2)c1)C1CCCC1. The van der Waals surface area contributed by atoms with Crippen molar-refractivity contribution in [2.75, 3.05) is 5.32 Å². The highest BCUT2D eigenvalue weighted by Crippen LogP contribution is 2.33. The predicted octanol–water partition coefficient (Wildman–Crippen LogP) is 3.77. The summed E-state index contributed by atoms with van der Waals surface area (Å²) in [6.07, 6.45) is 10.3. The van der Waals surface area contributed by atoms with Gasteiger partial charge in [-0.1, -0.05) is 37.8 Å². The zero-order chi connectivity index (χ0) is 18.6. The highest BCUT2D eigenvalue weighted by Gasteiger charge is 2.38. The largest absolute Gasteiger partial charge is 0.351 e. The topological polar surface area (TPSA) is 70.2 Å². The Morgan fingerprint density at radius 2 is 1.75 bits per heavy atom. The second-order valence-electron chi connectivity index (χ2n) is 8.49. The van der Waals surface area contributed by atoms with Gasteiger partial charge in [-0.15, -0.1) is 12.4 Å². The zero-order valence-corrected chi connectivity index (χ0v) is 17.2. The number of nitrogens with one attached hydrogen (secondary N) is 3. The summed E-state index contributed by atoms with van der Waals surface area (Å²) in [6.45, 7) is 0.499. The number of amides is 2. The molecule has 4 rings (SSSR count). The van der Waals surface area contributed by atoms with Crippen LogP contribution in [-0.4, -0.2) is 23.9 Å². The standard InChI is InChI=1S/C22H31N3O2.ClH/c26-21(16-7-1-2-8-16)24-18-10-5-6-15(12-18)14-23-22(27)20-13-17-9-3-4-11-19(17)25-20;/h5-6,10,12,16-17,19-20,25H,1-4,7-9,11,13-14H2,(H,23,27)(H,24,26);1H. The highest BCUT2D eigenvalue weighted by molar-refractivity contribution is 5.92. The van der Waals surface area contributed by atoms with Crippen LogP contribution in [0.4, 0.5) is 5.69 Å². The Balaban J connectivity index is 0.00000225. The Labute approximate surface area is 173 Å². The van der Waals surface area contributed by atoms with Crippen molar-refractivity contribution in [3.05, 3.63) is 29.8 Å². The van der Waals surface area contributed by atoms with Gasteiger partial charge in [0.15, 0.2) is 0 Å². The smallest absolute Gasteiger partial charge is 0.237 e. The van der Waals surface area contributed by atoms with Crippen molar-refractivity contribution in [3.8, 4) is 0 Å². The minimum absolute atomic E-state index is 0. The Bertz CT molecular complexity index is 676. The van der Waals surface area contributed by atoms with Gasteiger partial charge in [0, 0.05) is 24.2 Å². The summed E-state index contributed by atoms with van der Waals surface area (Å²) in [6, 6.07) is 8.30. The number of anilines is 1. The van der Waals surface area contributed by atoms with E-state index in [-0.39, 0.29) is 36.2 Å². The molecule has 6 heteroatoms. The van der Waals surface area contributed by atoms with Crippen molar-refractivity contribution in [1.29, 1.82) is 0 Å². The van der Waals surface area contributed by atoms with Crippen LogP contribution in [0.2, 0.25) is 0 Å². The third kappa shape index (κ3) is 5.06. The second kappa shape index (κ2) is 9.75. The first-order chi connectivity index (χ1) is 13.2. The number of hydrogen-bond donors (Lipinski definition) is 3. The molecule has 5 nitrogen and oxygen atoms in total. The first-order valence-electron chi connectivity index (χ1n) is 10.6. The number of benzene rings is 1. The van der Waals surface area contributed by atoms with E-state index in [2.05, 4.69) is 16.0 Å². The van der Waals surface area contributed by atoms with E-state index in [1.807, 2.05) is 24.3 Å². The molecular weight excluding hydrogens is 374 g/mol. The molecule has 1 aromatic rings. The average molecular weight is 406 g/mol. The maximum absolute atomic E-state index is 12.6. The summed E-state index contributed by atoms with van der Waals surface area (Å²) >= 11 is 0. The van der Waals surface area contributed by atoms with Crippen LogP contribution in [0.15, 0.2) is 24.3 Å². The molecule has 3 unspecified atom stereocenters. The van der Waals surface area contributed by atoms with E-state index < -0.39 is 0 Å². The normalized spacial score (nSPS) is 26.9. The van der Waals surface area contributed by atoms with Gasteiger partial charge in [-0.3, -0.25) is 9.59 Å². The lowest BCUT2D eigenvalue weighted by Crippen LogP contribution is -2.42. The van der Waals surface area contributed by atoms with E-state index in [1.54, 1.807) is 0 Å². The molecule has 2 saturated carbocycles. The summed E-state index contributed by atoms with van der Waals surface area (Å²) in [5.74, 6) is 1.06. The molecular formula is C22H32ClN3O2. The Kier molecular flexibility index (Phi) is 7.36. The molecule has 1 saturated heterocycles. The summed E-state index contributed by atoms with van der Waals surface area (Å²) in [5.41, 5.74) is 1.84. The molecule has 3 aliphatic rings. The summed E-state index contributed by atoms with van der Waals surface area (Å²) in [5, 5.41) is 9.64. The number of halogens is 1. The maximum atomic E-state index is 12.6. The number of rotatable bonds is 5. The van der Waals surface area contributed by atoms with Gasteiger partial charge in [-0.2, -0.15) is 0 Å². The summed E-state index contributed by atoms with van der Waals surface area (Å²) in [4.78, 5) is 24.9. The molecule has 3 fully saturated rings. The minimum atomic E-state index is -0.0525. The van der Waals surface area contributed by atoms with E-state index >= 15 is 0 Å². The van der Waals surface area contributed by atoms with E-state index in [4.69, 9.17) is 0 Å². The zero-order valence-electron chi connectivity index (χ0n) is 16.4. The molecule has 2 amide bonds. The van der Waals surface area contributed by atoms with Crippen LogP contribution in [0.1, 0.15) is 63.4 Å². The van der Waals surface area contributed by atoms with Crippen LogP contribution < -0.4 is 16.0 Å². The first-order valence-corrected chi connectivity index (χ1v) is 10.6. The molecule has 28 heavy (non-hydrogen) atoms. The van der Waals surface area contributed by atoms with Crippen molar-refractivity contribution in [1.82, 2.24) is 10.6 Å². The highest BCUT2D eigenvalue weighted by atomic mass is 35.5. The molecule has 0 radical (unpaired) electrons. The number of carbonyl (C=O) groups excluding carboxylic acids is 2. The molecule has 1 aromatic carbocycles.